The van der Waals surface area contributed by atoms with Gasteiger partial charge in [0.05, 0.1) is 11.6 Å². The van der Waals surface area contributed by atoms with Crippen molar-refractivity contribution in [1.29, 1.82) is 0 Å². The standard InChI is InChI=1S/C10H7F4NO2/c11-7-3-5(10(12,13)14)1-2-6(7)8-4-17-9(16)15-8/h1-3,8H,4H2,(H,15,16)/t8-/m1/s1. The van der Waals surface area contributed by atoms with E-state index in [9.17, 15) is 22.4 Å². The van der Waals surface area contributed by atoms with Gasteiger partial charge >= 0.3 is 12.3 Å². The Kier molecular flexibility index (Phi) is 2.68. The number of rotatable bonds is 1. The lowest BCUT2D eigenvalue weighted by molar-refractivity contribution is -0.137. The molecule has 7 heteroatoms. The largest absolute Gasteiger partial charge is 0.447 e. The van der Waals surface area contributed by atoms with E-state index in [1.807, 2.05) is 0 Å². The molecule has 1 aromatic rings. The van der Waals surface area contributed by atoms with Gasteiger partial charge in [-0.05, 0) is 12.1 Å². The number of ether oxygens (including phenoxy) is 1. The number of cyclic esters (lactones) is 1. The van der Waals surface area contributed by atoms with Gasteiger partial charge in [0, 0.05) is 5.56 Å². The Labute approximate surface area is 93.4 Å². The van der Waals surface area contributed by atoms with Crippen LogP contribution >= 0.6 is 0 Å². The zero-order valence-corrected chi connectivity index (χ0v) is 8.34. The number of amides is 1. The molecule has 3 nitrogen and oxygen atoms in total. The maximum atomic E-state index is 13.5. The van der Waals surface area contributed by atoms with Crippen molar-refractivity contribution in [2.45, 2.75) is 12.2 Å². The van der Waals surface area contributed by atoms with Crippen LogP contribution in [-0.4, -0.2) is 12.7 Å². The Morgan fingerprint density at radius 1 is 1.35 bits per heavy atom. The van der Waals surface area contributed by atoms with Gasteiger partial charge in [0.25, 0.3) is 0 Å². The number of hydrogen-bond donors (Lipinski definition) is 1. The third-order valence-electron chi connectivity index (χ3n) is 2.38. The van der Waals surface area contributed by atoms with E-state index < -0.39 is 29.7 Å². The number of carbonyl (C=O) groups is 1. The Balaban J connectivity index is 2.29. The molecule has 2 rings (SSSR count). The average molecular weight is 249 g/mol. The number of hydrogen-bond acceptors (Lipinski definition) is 2. The number of alkyl halides is 3. The van der Waals surface area contributed by atoms with Gasteiger partial charge in [-0.3, -0.25) is 0 Å². The molecule has 17 heavy (non-hydrogen) atoms. The van der Waals surface area contributed by atoms with E-state index in [4.69, 9.17) is 0 Å². The molecular weight excluding hydrogens is 242 g/mol. The molecule has 1 N–H and O–H groups in total. The first-order chi connectivity index (χ1) is 7.88. The SMILES string of the molecule is O=C1N[C@@H](c2ccc(C(F)(F)F)cc2F)CO1. The number of alkyl carbamates (subject to hydrolysis) is 1. The van der Waals surface area contributed by atoms with Crippen LogP contribution in [0.5, 0.6) is 0 Å². The second-order valence-corrected chi connectivity index (χ2v) is 3.53. The van der Waals surface area contributed by atoms with Crippen LogP contribution in [0.3, 0.4) is 0 Å². The van der Waals surface area contributed by atoms with E-state index in [0.717, 1.165) is 12.1 Å². The first-order valence-electron chi connectivity index (χ1n) is 4.68. The fraction of sp³-hybridized carbons (Fsp3) is 0.300. The average Bonchev–Trinajstić information content (AvgIpc) is 2.63. The lowest BCUT2D eigenvalue weighted by Gasteiger charge is -2.12. The van der Waals surface area contributed by atoms with Crippen LogP contribution in [0.25, 0.3) is 0 Å². The van der Waals surface area contributed by atoms with E-state index in [1.54, 1.807) is 0 Å². The molecule has 0 spiro atoms. The van der Waals surface area contributed by atoms with Crippen LogP contribution < -0.4 is 5.32 Å². The quantitative estimate of drug-likeness (QED) is 0.777. The molecule has 1 saturated heterocycles. The zero-order valence-electron chi connectivity index (χ0n) is 8.34. The maximum Gasteiger partial charge on any atom is 0.416 e. The van der Waals surface area contributed by atoms with E-state index >= 15 is 0 Å². The van der Waals surface area contributed by atoms with Crippen LogP contribution in [0.4, 0.5) is 22.4 Å². The topological polar surface area (TPSA) is 38.3 Å². The van der Waals surface area contributed by atoms with Gasteiger partial charge in [-0.1, -0.05) is 6.07 Å². The molecule has 0 aromatic heterocycles. The van der Waals surface area contributed by atoms with Crippen molar-refractivity contribution in [3.63, 3.8) is 0 Å². The van der Waals surface area contributed by atoms with Crippen LogP contribution in [-0.2, 0) is 10.9 Å². The summed E-state index contributed by atoms with van der Waals surface area (Å²) < 4.78 is 54.8. The molecule has 0 aliphatic carbocycles. The van der Waals surface area contributed by atoms with Crippen molar-refractivity contribution in [2.24, 2.45) is 0 Å². The van der Waals surface area contributed by atoms with E-state index in [2.05, 4.69) is 10.1 Å². The molecule has 1 amide bonds. The summed E-state index contributed by atoms with van der Waals surface area (Å²) in [6, 6.07) is 1.42. The number of nitrogens with one attached hydrogen (secondary N) is 1. The Hall–Kier alpha value is -1.79. The van der Waals surface area contributed by atoms with Crippen LogP contribution in [0.2, 0.25) is 0 Å². The first-order valence-corrected chi connectivity index (χ1v) is 4.68. The number of benzene rings is 1. The fourth-order valence-electron chi connectivity index (χ4n) is 1.54. The van der Waals surface area contributed by atoms with Gasteiger partial charge in [-0.2, -0.15) is 13.2 Å². The molecule has 1 atom stereocenters. The summed E-state index contributed by atoms with van der Waals surface area (Å²) in [5, 5.41) is 2.29. The van der Waals surface area contributed by atoms with Gasteiger partial charge in [-0.25, -0.2) is 9.18 Å². The Morgan fingerprint density at radius 2 is 2.06 bits per heavy atom. The molecule has 1 aliphatic heterocycles. The molecular formula is C10H7F4NO2. The van der Waals surface area contributed by atoms with Gasteiger partial charge in [-0.15, -0.1) is 0 Å². The van der Waals surface area contributed by atoms with E-state index in [-0.39, 0.29) is 12.2 Å². The molecule has 1 heterocycles. The van der Waals surface area contributed by atoms with Gasteiger partial charge < -0.3 is 10.1 Å². The zero-order chi connectivity index (χ0) is 12.6. The molecule has 1 fully saturated rings. The highest BCUT2D eigenvalue weighted by molar-refractivity contribution is 5.70. The molecule has 0 unspecified atom stereocenters. The monoisotopic (exact) mass is 249 g/mol. The van der Waals surface area contributed by atoms with Gasteiger partial charge in [0.15, 0.2) is 0 Å². The Bertz CT molecular complexity index is 458. The Morgan fingerprint density at radius 3 is 2.53 bits per heavy atom. The van der Waals surface area contributed by atoms with Crippen molar-refractivity contribution in [1.82, 2.24) is 5.32 Å². The normalized spacial score (nSPS) is 20.0. The molecule has 1 aromatic carbocycles. The third kappa shape index (κ3) is 2.32. The second-order valence-electron chi connectivity index (χ2n) is 3.53. The number of halogens is 4. The van der Waals surface area contributed by atoms with Crippen LogP contribution in [0.15, 0.2) is 18.2 Å². The lowest BCUT2D eigenvalue weighted by Crippen LogP contribution is -2.19. The smallest absolute Gasteiger partial charge is 0.416 e. The summed E-state index contributed by atoms with van der Waals surface area (Å²) in [6.07, 6.45) is -5.30. The van der Waals surface area contributed by atoms with Crippen LogP contribution in [0, 0.1) is 5.82 Å². The van der Waals surface area contributed by atoms with Gasteiger partial charge in [0.2, 0.25) is 0 Å². The molecule has 0 bridgehead atoms. The van der Waals surface area contributed by atoms with Crippen molar-refractivity contribution >= 4 is 6.09 Å². The summed E-state index contributed by atoms with van der Waals surface area (Å²) in [6.45, 7) is -0.0961. The molecule has 1 aliphatic rings. The maximum absolute atomic E-state index is 13.5. The van der Waals surface area contributed by atoms with E-state index in [0.29, 0.717) is 6.07 Å². The summed E-state index contributed by atoms with van der Waals surface area (Å²) in [7, 11) is 0. The molecule has 92 valence electrons. The highest BCUT2D eigenvalue weighted by atomic mass is 19.4. The summed E-state index contributed by atoms with van der Waals surface area (Å²) in [5.74, 6) is -1.02. The predicted molar refractivity (Wildman–Crippen MR) is 48.6 cm³/mol. The minimum absolute atomic E-state index is 0.0242. The first kappa shape index (κ1) is 11.7. The molecule has 0 radical (unpaired) electrons. The van der Waals surface area contributed by atoms with Crippen LogP contribution in [0.1, 0.15) is 17.2 Å². The third-order valence-corrected chi connectivity index (χ3v) is 2.38. The summed E-state index contributed by atoms with van der Waals surface area (Å²) >= 11 is 0. The molecule has 0 saturated carbocycles. The van der Waals surface area contributed by atoms with Crippen molar-refractivity contribution in [3.05, 3.63) is 35.1 Å². The van der Waals surface area contributed by atoms with Crippen molar-refractivity contribution in [3.8, 4) is 0 Å². The predicted octanol–water partition coefficient (Wildman–Crippen LogP) is 2.63. The van der Waals surface area contributed by atoms with Gasteiger partial charge in [0.1, 0.15) is 12.4 Å². The highest BCUT2D eigenvalue weighted by Crippen LogP contribution is 2.31. The second kappa shape index (κ2) is 3.90. The highest BCUT2D eigenvalue weighted by Gasteiger charge is 2.33. The minimum atomic E-state index is -4.59. The summed E-state index contributed by atoms with van der Waals surface area (Å²) in [4.78, 5) is 10.7. The fourth-order valence-corrected chi connectivity index (χ4v) is 1.54. The summed E-state index contributed by atoms with van der Waals surface area (Å²) in [5.41, 5.74) is -1.09. The van der Waals surface area contributed by atoms with Crippen molar-refractivity contribution < 1.29 is 27.1 Å². The lowest BCUT2D eigenvalue weighted by atomic mass is 10.0. The van der Waals surface area contributed by atoms with Crippen molar-refractivity contribution in [2.75, 3.05) is 6.61 Å². The van der Waals surface area contributed by atoms with E-state index in [1.165, 1.54) is 0 Å². The number of carbonyl (C=O) groups excluding carboxylic acids is 1. The minimum Gasteiger partial charge on any atom is -0.447 e.